The predicted octanol–water partition coefficient (Wildman–Crippen LogP) is 2.33. The highest BCUT2D eigenvalue weighted by molar-refractivity contribution is 9.10. The van der Waals surface area contributed by atoms with E-state index in [4.69, 9.17) is 5.73 Å². The van der Waals surface area contributed by atoms with E-state index in [1.165, 1.54) is 0 Å². The second kappa shape index (κ2) is 3.85. The Labute approximate surface area is 80.5 Å². The van der Waals surface area contributed by atoms with E-state index < -0.39 is 0 Å². The summed E-state index contributed by atoms with van der Waals surface area (Å²) in [5.41, 5.74) is 6.55. The lowest BCUT2D eigenvalue weighted by molar-refractivity contribution is 0.704. The highest BCUT2D eigenvalue weighted by Crippen LogP contribution is 2.22. The van der Waals surface area contributed by atoms with Crippen LogP contribution in [0.3, 0.4) is 0 Å². The molecule has 0 fully saturated rings. The Morgan fingerprint density at radius 2 is 2.33 bits per heavy atom. The Balaban J connectivity index is 3.04. The molecule has 0 saturated carbocycles. The molecule has 66 valence electrons. The third-order valence-corrected chi connectivity index (χ3v) is 2.26. The van der Waals surface area contributed by atoms with E-state index >= 15 is 0 Å². The van der Waals surface area contributed by atoms with Crippen molar-refractivity contribution in [2.45, 2.75) is 26.2 Å². The van der Waals surface area contributed by atoms with Crippen molar-refractivity contribution >= 4 is 21.7 Å². The van der Waals surface area contributed by atoms with Gasteiger partial charge in [0.2, 0.25) is 0 Å². The zero-order chi connectivity index (χ0) is 9.14. The van der Waals surface area contributed by atoms with Crippen LogP contribution in [-0.4, -0.2) is 9.97 Å². The van der Waals surface area contributed by atoms with Gasteiger partial charge in [-0.15, -0.1) is 0 Å². The van der Waals surface area contributed by atoms with Crippen LogP contribution in [0.2, 0.25) is 0 Å². The molecular weight excluding hydrogens is 218 g/mol. The van der Waals surface area contributed by atoms with Crippen molar-refractivity contribution in [2.75, 3.05) is 5.73 Å². The number of nitrogens with zero attached hydrogens (tertiary/aromatic N) is 2. The largest absolute Gasteiger partial charge is 0.382 e. The number of nitrogen functional groups attached to an aromatic ring is 1. The number of rotatable bonds is 2. The van der Waals surface area contributed by atoms with Gasteiger partial charge >= 0.3 is 0 Å². The fraction of sp³-hybridized carbons (Fsp3) is 0.500. The third-order valence-electron chi connectivity index (χ3n) is 1.88. The summed E-state index contributed by atoms with van der Waals surface area (Å²) in [6, 6.07) is 0. The number of hydrogen-bond acceptors (Lipinski definition) is 3. The maximum Gasteiger partial charge on any atom is 0.145 e. The number of nitrogens with two attached hydrogens (primary N) is 1. The summed E-state index contributed by atoms with van der Waals surface area (Å²) in [5, 5.41) is 0. The van der Waals surface area contributed by atoms with E-state index in [2.05, 4.69) is 39.7 Å². The van der Waals surface area contributed by atoms with Crippen LogP contribution >= 0.6 is 15.9 Å². The Hall–Kier alpha value is -0.640. The maximum absolute atomic E-state index is 5.67. The SMILES string of the molecule is CCC(C)c1nc(Br)cnc1N. The van der Waals surface area contributed by atoms with Crippen LogP contribution in [0.25, 0.3) is 0 Å². The van der Waals surface area contributed by atoms with Gasteiger partial charge in [-0.25, -0.2) is 9.97 Å². The lowest BCUT2D eigenvalue weighted by Crippen LogP contribution is -2.04. The molecule has 0 aliphatic heterocycles. The number of hydrogen-bond donors (Lipinski definition) is 1. The molecule has 0 spiro atoms. The van der Waals surface area contributed by atoms with Crippen molar-refractivity contribution in [1.29, 1.82) is 0 Å². The quantitative estimate of drug-likeness (QED) is 0.848. The normalized spacial score (nSPS) is 12.9. The summed E-state index contributed by atoms with van der Waals surface area (Å²) in [6.45, 7) is 4.19. The zero-order valence-electron chi connectivity index (χ0n) is 7.21. The Morgan fingerprint density at radius 3 is 2.92 bits per heavy atom. The van der Waals surface area contributed by atoms with Gasteiger partial charge in [0, 0.05) is 5.92 Å². The van der Waals surface area contributed by atoms with Crippen LogP contribution < -0.4 is 5.73 Å². The van der Waals surface area contributed by atoms with Gasteiger partial charge in [0.25, 0.3) is 0 Å². The fourth-order valence-corrected chi connectivity index (χ4v) is 1.24. The van der Waals surface area contributed by atoms with E-state index in [0.717, 1.165) is 16.7 Å². The summed E-state index contributed by atoms with van der Waals surface area (Å²) in [6.07, 6.45) is 2.64. The molecule has 1 rings (SSSR count). The monoisotopic (exact) mass is 229 g/mol. The highest BCUT2D eigenvalue weighted by atomic mass is 79.9. The first kappa shape index (κ1) is 9.45. The Kier molecular flexibility index (Phi) is 3.03. The summed E-state index contributed by atoms with van der Waals surface area (Å²) in [7, 11) is 0. The molecule has 4 heteroatoms. The Bertz CT molecular complexity index is 275. The van der Waals surface area contributed by atoms with Crippen molar-refractivity contribution in [3.8, 4) is 0 Å². The van der Waals surface area contributed by atoms with E-state index in [0.29, 0.717) is 11.7 Å². The first-order chi connectivity index (χ1) is 5.65. The van der Waals surface area contributed by atoms with Crippen LogP contribution in [-0.2, 0) is 0 Å². The minimum absolute atomic E-state index is 0.370. The first-order valence-electron chi connectivity index (χ1n) is 3.93. The van der Waals surface area contributed by atoms with Crippen LogP contribution in [0.1, 0.15) is 31.9 Å². The molecule has 1 atom stereocenters. The molecule has 0 saturated heterocycles. The van der Waals surface area contributed by atoms with Gasteiger partial charge in [-0.1, -0.05) is 13.8 Å². The van der Waals surface area contributed by atoms with Gasteiger partial charge in [0.15, 0.2) is 0 Å². The molecule has 0 aliphatic carbocycles. The topological polar surface area (TPSA) is 51.8 Å². The van der Waals surface area contributed by atoms with Crippen molar-refractivity contribution in [3.63, 3.8) is 0 Å². The molecule has 0 aromatic carbocycles. The molecule has 2 N–H and O–H groups in total. The van der Waals surface area contributed by atoms with Crippen LogP contribution in [0.5, 0.6) is 0 Å². The average Bonchev–Trinajstić information content (AvgIpc) is 2.08. The van der Waals surface area contributed by atoms with Crippen molar-refractivity contribution in [2.24, 2.45) is 0 Å². The number of aromatic nitrogens is 2. The minimum atomic E-state index is 0.370. The van der Waals surface area contributed by atoms with E-state index in [1.54, 1.807) is 6.20 Å². The van der Waals surface area contributed by atoms with Gasteiger partial charge in [0.1, 0.15) is 10.4 Å². The molecule has 1 aromatic rings. The van der Waals surface area contributed by atoms with E-state index in [1.807, 2.05) is 0 Å². The molecule has 1 heterocycles. The first-order valence-corrected chi connectivity index (χ1v) is 4.72. The molecule has 3 nitrogen and oxygen atoms in total. The minimum Gasteiger partial charge on any atom is -0.382 e. The van der Waals surface area contributed by atoms with Gasteiger partial charge in [-0.05, 0) is 22.4 Å². The molecule has 0 bridgehead atoms. The molecule has 1 unspecified atom stereocenters. The van der Waals surface area contributed by atoms with Gasteiger partial charge in [-0.3, -0.25) is 0 Å². The van der Waals surface area contributed by atoms with Crippen LogP contribution in [0.15, 0.2) is 10.8 Å². The molecule has 12 heavy (non-hydrogen) atoms. The maximum atomic E-state index is 5.67. The lowest BCUT2D eigenvalue weighted by atomic mass is 10.1. The zero-order valence-corrected chi connectivity index (χ0v) is 8.80. The highest BCUT2D eigenvalue weighted by Gasteiger charge is 2.09. The van der Waals surface area contributed by atoms with Gasteiger partial charge in [0.05, 0.1) is 11.9 Å². The van der Waals surface area contributed by atoms with Crippen LogP contribution in [0, 0.1) is 0 Å². The number of halogens is 1. The molecule has 0 aliphatic rings. The molecule has 0 amide bonds. The summed E-state index contributed by atoms with van der Waals surface area (Å²) in [5.74, 6) is 0.905. The number of anilines is 1. The predicted molar refractivity (Wildman–Crippen MR) is 52.9 cm³/mol. The van der Waals surface area contributed by atoms with Gasteiger partial charge < -0.3 is 5.73 Å². The Morgan fingerprint density at radius 1 is 1.67 bits per heavy atom. The standard InChI is InChI=1S/C8H12BrN3/c1-3-5(2)7-8(10)11-4-6(9)12-7/h4-5H,3H2,1-2H3,(H2,10,11). The van der Waals surface area contributed by atoms with Crippen molar-refractivity contribution in [1.82, 2.24) is 9.97 Å². The fourth-order valence-electron chi connectivity index (χ4n) is 0.946. The van der Waals surface area contributed by atoms with Crippen molar-refractivity contribution < 1.29 is 0 Å². The second-order valence-corrected chi connectivity index (χ2v) is 3.58. The van der Waals surface area contributed by atoms with E-state index in [-0.39, 0.29) is 0 Å². The smallest absolute Gasteiger partial charge is 0.145 e. The summed E-state index contributed by atoms with van der Waals surface area (Å²) < 4.78 is 0.743. The summed E-state index contributed by atoms with van der Waals surface area (Å²) in [4.78, 5) is 8.29. The average molecular weight is 230 g/mol. The van der Waals surface area contributed by atoms with Crippen molar-refractivity contribution in [3.05, 3.63) is 16.5 Å². The van der Waals surface area contributed by atoms with Crippen LogP contribution in [0.4, 0.5) is 5.82 Å². The third kappa shape index (κ3) is 1.94. The molecular formula is C8H12BrN3. The molecule has 0 radical (unpaired) electrons. The second-order valence-electron chi connectivity index (χ2n) is 2.77. The lowest BCUT2D eigenvalue weighted by Gasteiger charge is -2.09. The summed E-state index contributed by atoms with van der Waals surface area (Å²) >= 11 is 3.26. The van der Waals surface area contributed by atoms with E-state index in [9.17, 15) is 0 Å². The van der Waals surface area contributed by atoms with Gasteiger partial charge in [-0.2, -0.15) is 0 Å². The molecule has 1 aromatic heterocycles.